The van der Waals surface area contributed by atoms with Gasteiger partial charge < -0.3 is 5.32 Å². The van der Waals surface area contributed by atoms with E-state index < -0.39 is 0 Å². The van der Waals surface area contributed by atoms with Crippen LogP contribution >= 0.6 is 0 Å². The summed E-state index contributed by atoms with van der Waals surface area (Å²) >= 11 is 0. The summed E-state index contributed by atoms with van der Waals surface area (Å²) in [6.07, 6.45) is 8.44. The maximum Gasteiger partial charge on any atom is 0.00951 e. The minimum atomic E-state index is 0.690. The van der Waals surface area contributed by atoms with E-state index in [1.807, 2.05) is 0 Å². The van der Waals surface area contributed by atoms with Crippen molar-refractivity contribution in [3.05, 3.63) is 0 Å². The summed E-state index contributed by atoms with van der Waals surface area (Å²) in [5.41, 5.74) is 0. The molecule has 15 heavy (non-hydrogen) atoms. The second kappa shape index (κ2) is 6.52. The third-order valence-corrected chi connectivity index (χ3v) is 3.69. The van der Waals surface area contributed by atoms with Gasteiger partial charge in [-0.3, -0.25) is 0 Å². The standard InChI is InChI=1S/C14H29N/c1-11(2)10-13(4)15-14-9-7-5-6-8-12(14)3/h11-15H,5-10H2,1-4H3. The van der Waals surface area contributed by atoms with Crippen LogP contribution < -0.4 is 5.32 Å². The summed E-state index contributed by atoms with van der Waals surface area (Å²) in [6, 6.07) is 1.47. The molecule has 0 spiro atoms. The molecule has 0 aromatic heterocycles. The topological polar surface area (TPSA) is 12.0 Å². The number of nitrogens with one attached hydrogen (secondary N) is 1. The minimum absolute atomic E-state index is 0.690. The normalized spacial score (nSPS) is 30.2. The van der Waals surface area contributed by atoms with Crippen LogP contribution in [-0.2, 0) is 0 Å². The van der Waals surface area contributed by atoms with Crippen molar-refractivity contribution in [1.29, 1.82) is 0 Å². The molecule has 1 aliphatic rings. The van der Waals surface area contributed by atoms with Crippen molar-refractivity contribution < 1.29 is 0 Å². The van der Waals surface area contributed by atoms with Crippen LogP contribution in [0.2, 0.25) is 0 Å². The Balaban J connectivity index is 2.33. The highest BCUT2D eigenvalue weighted by Crippen LogP contribution is 2.23. The molecule has 1 saturated carbocycles. The van der Waals surface area contributed by atoms with Gasteiger partial charge >= 0.3 is 0 Å². The molecule has 90 valence electrons. The monoisotopic (exact) mass is 211 g/mol. The van der Waals surface area contributed by atoms with E-state index in [1.165, 1.54) is 38.5 Å². The van der Waals surface area contributed by atoms with E-state index in [9.17, 15) is 0 Å². The lowest BCUT2D eigenvalue weighted by Crippen LogP contribution is -2.40. The van der Waals surface area contributed by atoms with Crippen molar-refractivity contribution in [1.82, 2.24) is 5.32 Å². The van der Waals surface area contributed by atoms with Crippen LogP contribution in [0.15, 0.2) is 0 Å². The zero-order valence-electron chi connectivity index (χ0n) is 11.1. The fraction of sp³-hybridized carbons (Fsp3) is 1.00. The van der Waals surface area contributed by atoms with E-state index in [0.717, 1.165) is 17.9 Å². The van der Waals surface area contributed by atoms with E-state index >= 15 is 0 Å². The van der Waals surface area contributed by atoms with Gasteiger partial charge in [-0.05, 0) is 38.0 Å². The van der Waals surface area contributed by atoms with Gasteiger partial charge in [0, 0.05) is 12.1 Å². The van der Waals surface area contributed by atoms with Crippen LogP contribution in [0.25, 0.3) is 0 Å². The number of hydrogen-bond donors (Lipinski definition) is 1. The Morgan fingerprint density at radius 1 is 1.07 bits per heavy atom. The first-order chi connectivity index (χ1) is 7.09. The van der Waals surface area contributed by atoms with Crippen LogP contribution in [0.1, 0.15) is 66.2 Å². The van der Waals surface area contributed by atoms with E-state index in [-0.39, 0.29) is 0 Å². The molecule has 1 heteroatoms. The highest BCUT2D eigenvalue weighted by atomic mass is 14.9. The molecule has 1 aliphatic carbocycles. The first-order valence-electron chi connectivity index (χ1n) is 6.85. The third kappa shape index (κ3) is 5.01. The molecule has 3 unspecified atom stereocenters. The van der Waals surface area contributed by atoms with Gasteiger partial charge in [0.25, 0.3) is 0 Å². The van der Waals surface area contributed by atoms with Crippen LogP contribution in [0.5, 0.6) is 0 Å². The third-order valence-electron chi connectivity index (χ3n) is 3.69. The van der Waals surface area contributed by atoms with Gasteiger partial charge in [-0.2, -0.15) is 0 Å². The summed E-state index contributed by atoms with van der Waals surface area (Å²) in [6.45, 7) is 9.39. The average molecular weight is 211 g/mol. The lowest BCUT2D eigenvalue weighted by atomic mass is 9.95. The quantitative estimate of drug-likeness (QED) is 0.694. The Morgan fingerprint density at radius 3 is 2.40 bits per heavy atom. The lowest BCUT2D eigenvalue weighted by molar-refractivity contribution is 0.307. The Morgan fingerprint density at radius 2 is 1.73 bits per heavy atom. The molecule has 3 atom stereocenters. The zero-order chi connectivity index (χ0) is 11.3. The van der Waals surface area contributed by atoms with Crippen LogP contribution in [0.4, 0.5) is 0 Å². The fourth-order valence-electron chi connectivity index (χ4n) is 2.88. The van der Waals surface area contributed by atoms with Crippen molar-refractivity contribution >= 4 is 0 Å². The lowest BCUT2D eigenvalue weighted by Gasteiger charge is -2.27. The molecule has 1 fully saturated rings. The Hall–Kier alpha value is -0.0400. The molecular weight excluding hydrogens is 182 g/mol. The van der Waals surface area contributed by atoms with Crippen molar-refractivity contribution in [2.45, 2.75) is 78.3 Å². The summed E-state index contributed by atoms with van der Waals surface area (Å²) in [5.74, 6) is 1.69. The highest BCUT2D eigenvalue weighted by Gasteiger charge is 2.21. The smallest absolute Gasteiger partial charge is 0.00951 e. The van der Waals surface area contributed by atoms with E-state index in [2.05, 4.69) is 33.0 Å². The predicted molar refractivity (Wildman–Crippen MR) is 68.1 cm³/mol. The van der Waals surface area contributed by atoms with Gasteiger partial charge in [-0.1, -0.05) is 40.0 Å². The Bertz CT molecular complexity index is 165. The van der Waals surface area contributed by atoms with Gasteiger partial charge in [-0.25, -0.2) is 0 Å². The molecule has 0 aromatic rings. The summed E-state index contributed by atoms with van der Waals surface area (Å²) in [5, 5.41) is 3.84. The second-order valence-corrected chi connectivity index (χ2v) is 5.92. The Kier molecular flexibility index (Phi) is 5.66. The van der Waals surface area contributed by atoms with Gasteiger partial charge in [0.05, 0.1) is 0 Å². The predicted octanol–water partition coefficient (Wildman–Crippen LogP) is 3.98. The van der Waals surface area contributed by atoms with E-state index in [4.69, 9.17) is 0 Å². The molecule has 0 radical (unpaired) electrons. The molecule has 0 amide bonds. The minimum Gasteiger partial charge on any atom is -0.311 e. The molecule has 1 nitrogen and oxygen atoms in total. The molecule has 0 saturated heterocycles. The summed E-state index contributed by atoms with van der Waals surface area (Å²) in [4.78, 5) is 0. The first kappa shape index (κ1) is 13.0. The molecule has 0 heterocycles. The highest BCUT2D eigenvalue weighted by molar-refractivity contribution is 4.79. The first-order valence-corrected chi connectivity index (χ1v) is 6.85. The van der Waals surface area contributed by atoms with Crippen molar-refractivity contribution in [3.8, 4) is 0 Å². The molecule has 1 rings (SSSR count). The van der Waals surface area contributed by atoms with E-state index in [1.54, 1.807) is 0 Å². The van der Waals surface area contributed by atoms with Gasteiger partial charge in [0.15, 0.2) is 0 Å². The maximum absolute atomic E-state index is 3.84. The van der Waals surface area contributed by atoms with Crippen molar-refractivity contribution in [2.24, 2.45) is 11.8 Å². The van der Waals surface area contributed by atoms with Crippen molar-refractivity contribution in [3.63, 3.8) is 0 Å². The van der Waals surface area contributed by atoms with E-state index in [0.29, 0.717) is 6.04 Å². The molecular formula is C14H29N. The summed E-state index contributed by atoms with van der Waals surface area (Å²) in [7, 11) is 0. The van der Waals surface area contributed by atoms with Gasteiger partial charge in [0.1, 0.15) is 0 Å². The molecule has 0 aliphatic heterocycles. The van der Waals surface area contributed by atoms with Crippen LogP contribution in [0, 0.1) is 11.8 Å². The SMILES string of the molecule is CC(C)CC(C)NC1CCCCCC1C. The molecule has 0 bridgehead atoms. The van der Waals surface area contributed by atoms with Gasteiger partial charge in [-0.15, -0.1) is 0 Å². The zero-order valence-corrected chi connectivity index (χ0v) is 11.1. The Labute approximate surface area is 96.0 Å². The largest absolute Gasteiger partial charge is 0.311 e. The van der Waals surface area contributed by atoms with Crippen LogP contribution in [0.3, 0.4) is 0 Å². The van der Waals surface area contributed by atoms with Gasteiger partial charge in [0.2, 0.25) is 0 Å². The maximum atomic E-state index is 3.84. The number of rotatable bonds is 4. The molecule has 1 N–H and O–H groups in total. The number of hydrogen-bond acceptors (Lipinski definition) is 1. The molecule has 0 aromatic carbocycles. The van der Waals surface area contributed by atoms with Crippen molar-refractivity contribution in [2.75, 3.05) is 0 Å². The second-order valence-electron chi connectivity index (χ2n) is 5.92. The average Bonchev–Trinajstić information content (AvgIpc) is 2.30. The summed E-state index contributed by atoms with van der Waals surface area (Å²) < 4.78 is 0. The van der Waals surface area contributed by atoms with Crippen LogP contribution in [-0.4, -0.2) is 12.1 Å². The fourth-order valence-corrected chi connectivity index (χ4v) is 2.88.